The molecule has 1 N–H and O–H groups in total. The van der Waals surface area contributed by atoms with Crippen LogP contribution in [-0.4, -0.2) is 37.1 Å². The number of aliphatic imine (C=N–C) groups is 1. The number of benzene rings is 1. The Morgan fingerprint density at radius 3 is 2.85 bits per heavy atom. The van der Waals surface area contributed by atoms with E-state index in [0.717, 1.165) is 50.7 Å². The molecule has 0 unspecified atom stereocenters. The number of furan rings is 1. The van der Waals surface area contributed by atoms with Gasteiger partial charge in [-0.15, -0.1) is 24.0 Å². The average molecular weight is 469 g/mol. The predicted octanol–water partition coefficient (Wildman–Crippen LogP) is 3.83. The Kier molecular flexibility index (Phi) is 8.97. The molecular weight excluding hydrogens is 441 g/mol. The fraction of sp³-hybridized carbons (Fsp3) is 0.450. The van der Waals surface area contributed by atoms with E-state index in [9.17, 15) is 0 Å². The van der Waals surface area contributed by atoms with Crippen molar-refractivity contribution in [1.82, 2.24) is 10.2 Å². The summed E-state index contributed by atoms with van der Waals surface area (Å²) in [5.74, 6) is 1.87. The second-order valence-electron chi connectivity index (χ2n) is 6.16. The first kappa shape index (κ1) is 20.8. The van der Waals surface area contributed by atoms with E-state index >= 15 is 0 Å². The van der Waals surface area contributed by atoms with Crippen molar-refractivity contribution in [1.29, 1.82) is 0 Å². The van der Waals surface area contributed by atoms with Crippen molar-refractivity contribution < 1.29 is 9.15 Å². The van der Waals surface area contributed by atoms with Gasteiger partial charge >= 0.3 is 0 Å². The second kappa shape index (κ2) is 11.2. The first-order chi connectivity index (χ1) is 12.4. The topological polar surface area (TPSA) is 50.0 Å². The summed E-state index contributed by atoms with van der Waals surface area (Å²) in [5, 5.41) is 3.42. The number of nitrogens with zero attached hydrogens (tertiary/aromatic N) is 2. The summed E-state index contributed by atoms with van der Waals surface area (Å²) in [6, 6.07) is 12.5. The maximum absolute atomic E-state index is 5.61. The fourth-order valence-electron chi connectivity index (χ4n) is 3.02. The lowest BCUT2D eigenvalue weighted by atomic mass is 10.0. The lowest BCUT2D eigenvalue weighted by molar-refractivity contribution is 0.105. The molecule has 2 heterocycles. The van der Waals surface area contributed by atoms with Crippen LogP contribution in [0.5, 0.6) is 0 Å². The summed E-state index contributed by atoms with van der Waals surface area (Å²) in [7, 11) is 0. The monoisotopic (exact) mass is 469 g/mol. The summed E-state index contributed by atoms with van der Waals surface area (Å²) < 4.78 is 10.9. The Hall–Kier alpha value is -1.54. The molecule has 0 fully saturated rings. The van der Waals surface area contributed by atoms with Gasteiger partial charge in [0.05, 0.1) is 6.26 Å². The number of nitrogens with one attached hydrogen (secondary N) is 1. The average Bonchev–Trinajstić information content (AvgIpc) is 3.16. The molecule has 2 aromatic rings. The van der Waals surface area contributed by atoms with Gasteiger partial charge < -0.3 is 19.4 Å². The normalized spacial score (nSPS) is 13.9. The van der Waals surface area contributed by atoms with E-state index in [4.69, 9.17) is 14.1 Å². The van der Waals surface area contributed by atoms with Crippen LogP contribution in [0, 0.1) is 0 Å². The standard InChI is InChI=1S/C20H27N3O2.HI/c1-2-21-20(22-11-6-13-24-16-19-9-5-14-25-19)23-12-10-17-7-3-4-8-18(17)15-23;/h3-5,7-9,14H,2,6,10-13,15-16H2,1H3,(H,21,22);1H. The summed E-state index contributed by atoms with van der Waals surface area (Å²) >= 11 is 0. The van der Waals surface area contributed by atoms with Crippen LogP contribution >= 0.6 is 24.0 Å². The van der Waals surface area contributed by atoms with Gasteiger partial charge in [0, 0.05) is 32.8 Å². The molecule has 1 aromatic heterocycles. The lowest BCUT2D eigenvalue weighted by Gasteiger charge is -2.31. The summed E-state index contributed by atoms with van der Waals surface area (Å²) in [6.45, 7) is 6.91. The largest absolute Gasteiger partial charge is 0.467 e. The predicted molar refractivity (Wildman–Crippen MR) is 115 cm³/mol. The first-order valence-corrected chi connectivity index (χ1v) is 9.07. The van der Waals surface area contributed by atoms with Gasteiger partial charge in [-0.05, 0) is 43.0 Å². The molecule has 0 amide bonds. The molecule has 0 saturated carbocycles. The number of ether oxygens (including phenoxy) is 1. The van der Waals surface area contributed by atoms with Gasteiger partial charge in [0.25, 0.3) is 0 Å². The van der Waals surface area contributed by atoms with E-state index in [2.05, 4.69) is 41.4 Å². The highest BCUT2D eigenvalue weighted by Gasteiger charge is 2.18. The van der Waals surface area contributed by atoms with Crippen LogP contribution in [0.4, 0.5) is 0 Å². The minimum atomic E-state index is 0. The summed E-state index contributed by atoms with van der Waals surface area (Å²) in [5.41, 5.74) is 2.86. The van der Waals surface area contributed by atoms with Crippen LogP contribution in [0.3, 0.4) is 0 Å². The zero-order valence-electron chi connectivity index (χ0n) is 15.3. The number of fused-ring (bicyclic) bond motifs is 1. The van der Waals surface area contributed by atoms with Crippen LogP contribution in [0.1, 0.15) is 30.2 Å². The van der Waals surface area contributed by atoms with Gasteiger partial charge in [-0.1, -0.05) is 24.3 Å². The molecule has 0 radical (unpaired) electrons. The van der Waals surface area contributed by atoms with Crippen molar-refractivity contribution >= 4 is 29.9 Å². The van der Waals surface area contributed by atoms with Gasteiger partial charge in [-0.2, -0.15) is 0 Å². The number of halogens is 1. The zero-order chi connectivity index (χ0) is 17.3. The van der Waals surface area contributed by atoms with Gasteiger partial charge in [0.1, 0.15) is 12.4 Å². The maximum Gasteiger partial charge on any atom is 0.194 e. The van der Waals surface area contributed by atoms with Crippen molar-refractivity contribution in [2.24, 2.45) is 4.99 Å². The number of hydrogen-bond donors (Lipinski definition) is 1. The number of guanidine groups is 1. The Bertz CT molecular complexity index is 673. The van der Waals surface area contributed by atoms with Gasteiger partial charge in [0.2, 0.25) is 0 Å². The molecule has 26 heavy (non-hydrogen) atoms. The zero-order valence-corrected chi connectivity index (χ0v) is 17.6. The van der Waals surface area contributed by atoms with E-state index in [0.29, 0.717) is 13.2 Å². The smallest absolute Gasteiger partial charge is 0.194 e. The van der Waals surface area contributed by atoms with E-state index < -0.39 is 0 Å². The third-order valence-corrected chi connectivity index (χ3v) is 4.30. The fourth-order valence-corrected chi connectivity index (χ4v) is 3.02. The van der Waals surface area contributed by atoms with E-state index in [1.807, 2.05) is 12.1 Å². The number of hydrogen-bond acceptors (Lipinski definition) is 3. The highest BCUT2D eigenvalue weighted by molar-refractivity contribution is 14.0. The van der Waals surface area contributed by atoms with Crippen molar-refractivity contribution in [3.05, 3.63) is 59.5 Å². The molecule has 3 rings (SSSR count). The molecule has 1 aliphatic heterocycles. The summed E-state index contributed by atoms with van der Waals surface area (Å²) in [6.07, 6.45) is 3.65. The molecule has 0 aliphatic carbocycles. The molecule has 1 aliphatic rings. The molecule has 5 nitrogen and oxygen atoms in total. The molecule has 0 saturated heterocycles. The Morgan fingerprint density at radius 1 is 1.23 bits per heavy atom. The molecular formula is C20H28IN3O2. The highest BCUT2D eigenvalue weighted by Crippen LogP contribution is 2.18. The molecule has 142 valence electrons. The van der Waals surface area contributed by atoms with E-state index in [1.54, 1.807) is 6.26 Å². The van der Waals surface area contributed by atoms with Crippen LogP contribution in [-0.2, 0) is 24.3 Å². The third-order valence-electron chi connectivity index (χ3n) is 4.30. The third kappa shape index (κ3) is 6.02. The first-order valence-electron chi connectivity index (χ1n) is 9.07. The maximum atomic E-state index is 5.61. The molecule has 6 heteroatoms. The second-order valence-corrected chi connectivity index (χ2v) is 6.16. The van der Waals surface area contributed by atoms with Crippen LogP contribution < -0.4 is 5.32 Å². The molecule has 0 bridgehead atoms. The van der Waals surface area contributed by atoms with Crippen LogP contribution in [0.25, 0.3) is 0 Å². The molecule has 0 spiro atoms. The Morgan fingerprint density at radius 2 is 2.08 bits per heavy atom. The highest BCUT2D eigenvalue weighted by atomic mass is 127. The van der Waals surface area contributed by atoms with Crippen molar-refractivity contribution in [3.8, 4) is 0 Å². The van der Waals surface area contributed by atoms with Crippen LogP contribution in [0.2, 0.25) is 0 Å². The van der Waals surface area contributed by atoms with E-state index in [1.165, 1.54) is 11.1 Å². The lowest BCUT2D eigenvalue weighted by Crippen LogP contribution is -2.44. The van der Waals surface area contributed by atoms with Gasteiger partial charge in [0.15, 0.2) is 5.96 Å². The van der Waals surface area contributed by atoms with Crippen molar-refractivity contribution in [2.45, 2.75) is 32.9 Å². The molecule has 0 atom stereocenters. The summed E-state index contributed by atoms with van der Waals surface area (Å²) in [4.78, 5) is 7.12. The van der Waals surface area contributed by atoms with Crippen molar-refractivity contribution in [3.63, 3.8) is 0 Å². The minimum absolute atomic E-state index is 0. The minimum Gasteiger partial charge on any atom is -0.467 e. The van der Waals surface area contributed by atoms with Gasteiger partial charge in [-0.25, -0.2) is 0 Å². The molecule has 1 aromatic carbocycles. The Balaban J connectivity index is 0.00000243. The quantitative estimate of drug-likeness (QED) is 0.290. The Labute approximate surface area is 172 Å². The van der Waals surface area contributed by atoms with E-state index in [-0.39, 0.29) is 24.0 Å². The van der Waals surface area contributed by atoms with Gasteiger partial charge in [-0.3, -0.25) is 4.99 Å². The SMILES string of the molecule is CCNC(=NCCCOCc1ccco1)N1CCc2ccccc2C1.I. The van der Waals surface area contributed by atoms with Crippen molar-refractivity contribution in [2.75, 3.05) is 26.2 Å². The number of rotatable bonds is 7. The van der Waals surface area contributed by atoms with Crippen LogP contribution in [0.15, 0.2) is 52.1 Å².